The van der Waals surface area contributed by atoms with Gasteiger partial charge in [0.15, 0.2) is 0 Å². The molecule has 2 rings (SSSR count). The van der Waals surface area contributed by atoms with Crippen LogP contribution < -0.4 is 5.32 Å². The lowest BCUT2D eigenvalue weighted by Crippen LogP contribution is -2.19. The average molecular weight is 253 g/mol. The highest BCUT2D eigenvalue weighted by Gasteiger charge is 2.35. The lowest BCUT2D eigenvalue weighted by molar-refractivity contribution is 0.198. The van der Waals surface area contributed by atoms with Crippen molar-refractivity contribution in [3.63, 3.8) is 0 Å². The van der Waals surface area contributed by atoms with E-state index in [0.717, 1.165) is 20.7 Å². The van der Waals surface area contributed by atoms with Crippen molar-refractivity contribution in [3.05, 3.63) is 29.3 Å². The molecule has 0 aromatic heterocycles. The van der Waals surface area contributed by atoms with Gasteiger partial charge in [-0.1, -0.05) is 32.9 Å². The van der Waals surface area contributed by atoms with Crippen molar-refractivity contribution < 1.29 is 5.11 Å². The van der Waals surface area contributed by atoms with E-state index >= 15 is 0 Å². The van der Waals surface area contributed by atoms with E-state index in [1.165, 1.54) is 11.3 Å². The maximum Gasteiger partial charge on any atom is 0.0765 e. The minimum Gasteiger partial charge on any atom is -0.389 e. The maximum absolute atomic E-state index is 9.79. The van der Waals surface area contributed by atoms with Crippen LogP contribution in [0.2, 0.25) is 0 Å². The van der Waals surface area contributed by atoms with Crippen molar-refractivity contribution in [1.82, 2.24) is 0 Å². The van der Waals surface area contributed by atoms with Crippen LogP contribution in [0.25, 0.3) is 0 Å². The first-order chi connectivity index (χ1) is 8.08. The molecule has 2 N–H and O–H groups in total. The molecule has 0 fully saturated rings. The highest BCUT2D eigenvalue weighted by Crippen LogP contribution is 2.49. The van der Waals surface area contributed by atoms with E-state index in [1.807, 2.05) is 32.9 Å². The predicted octanol–water partition coefficient (Wildman–Crippen LogP) is 3.72. The quantitative estimate of drug-likeness (QED) is 0.787. The summed E-state index contributed by atoms with van der Waals surface area (Å²) in [5.74, 6) is 0. The molecule has 0 bridgehead atoms. The van der Waals surface area contributed by atoms with Gasteiger partial charge in [0.1, 0.15) is 0 Å². The number of aliphatic hydroxyl groups excluding tert-OH is 1. The third kappa shape index (κ3) is 2.64. The molecule has 1 aliphatic heterocycles. The van der Waals surface area contributed by atoms with Crippen molar-refractivity contribution in [1.29, 1.82) is 0 Å². The first-order valence-corrected chi connectivity index (χ1v) is 7.83. The van der Waals surface area contributed by atoms with Crippen LogP contribution in [-0.4, -0.2) is 18.3 Å². The van der Waals surface area contributed by atoms with Crippen molar-refractivity contribution >= 4 is 14.3 Å². The Kier molecular flexibility index (Phi) is 4.97. The van der Waals surface area contributed by atoms with Gasteiger partial charge in [0.05, 0.1) is 6.10 Å². The topological polar surface area (TPSA) is 32.3 Å². The Morgan fingerprint density at radius 2 is 2.06 bits per heavy atom. The number of benzene rings is 1. The molecule has 0 amide bonds. The van der Waals surface area contributed by atoms with E-state index in [2.05, 4.69) is 25.0 Å². The normalized spacial score (nSPS) is 23.9. The Bertz CT molecular complexity index is 378. The van der Waals surface area contributed by atoms with Gasteiger partial charge in [-0.2, -0.15) is 0 Å². The van der Waals surface area contributed by atoms with Crippen LogP contribution in [0.3, 0.4) is 0 Å². The molecule has 0 spiro atoms. The van der Waals surface area contributed by atoms with Crippen molar-refractivity contribution in [2.45, 2.75) is 39.0 Å². The van der Waals surface area contributed by atoms with E-state index in [-0.39, 0.29) is 11.3 Å². The summed E-state index contributed by atoms with van der Waals surface area (Å²) < 4.78 is 0. The molecule has 0 saturated carbocycles. The molecule has 1 aliphatic rings. The smallest absolute Gasteiger partial charge is 0.0765 e. The molecule has 0 radical (unpaired) electrons. The van der Waals surface area contributed by atoms with Crippen molar-refractivity contribution in [2.75, 3.05) is 18.5 Å². The summed E-state index contributed by atoms with van der Waals surface area (Å²) >= 11 is 0. The van der Waals surface area contributed by atoms with E-state index in [9.17, 15) is 5.11 Å². The van der Waals surface area contributed by atoms with E-state index in [4.69, 9.17) is 0 Å². The highest BCUT2D eigenvalue weighted by atomic mass is 31.1. The monoisotopic (exact) mass is 253 g/mol. The standard InChI is InChI=1S/C12H18NOP.C2H6/c1-8(14)9-5-4-6-10-11(9)12(2,15-3)7-13-10;1-2/h4-6,8,13-15H,7H2,1-3H3;1-2H3. The zero-order valence-electron chi connectivity index (χ0n) is 11.5. The summed E-state index contributed by atoms with van der Waals surface area (Å²) in [6, 6.07) is 6.15. The van der Waals surface area contributed by atoms with Gasteiger partial charge in [0.2, 0.25) is 0 Å². The number of anilines is 1. The van der Waals surface area contributed by atoms with Crippen LogP contribution in [0.1, 0.15) is 44.9 Å². The van der Waals surface area contributed by atoms with Crippen LogP contribution >= 0.6 is 8.58 Å². The molecule has 0 aliphatic carbocycles. The summed E-state index contributed by atoms with van der Waals surface area (Å²) in [4.78, 5) is 0. The fourth-order valence-electron chi connectivity index (χ4n) is 2.26. The second-order valence-electron chi connectivity index (χ2n) is 4.38. The second kappa shape index (κ2) is 5.84. The van der Waals surface area contributed by atoms with Crippen LogP contribution in [-0.2, 0) is 5.16 Å². The highest BCUT2D eigenvalue weighted by molar-refractivity contribution is 7.38. The van der Waals surface area contributed by atoms with E-state index < -0.39 is 0 Å². The van der Waals surface area contributed by atoms with Gasteiger partial charge in [0, 0.05) is 17.4 Å². The number of aliphatic hydroxyl groups is 1. The van der Waals surface area contributed by atoms with Gasteiger partial charge in [-0.05, 0) is 30.8 Å². The first-order valence-electron chi connectivity index (χ1n) is 6.33. The third-order valence-electron chi connectivity index (χ3n) is 3.28. The number of fused-ring (bicyclic) bond motifs is 1. The molecule has 3 unspecified atom stereocenters. The lowest BCUT2D eigenvalue weighted by Gasteiger charge is -2.25. The van der Waals surface area contributed by atoms with Crippen molar-refractivity contribution in [2.24, 2.45) is 0 Å². The molecule has 2 nitrogen and oxygen atoms in total. The van der Waals surface area contributed by atoms with E-state index in [0.29, 0.717) is 0 Å². The lowest BCUT2D eigenvalue weighted by atomic mass is 9.94. The Balaban J connectivity index is 0.000000686. The summed E-state index contributed by atoms with van der Waals surface area (Å²) in [5, 5.41) is 13.4. The fraction of sp³-hybridized carbons (Fsp3) is 0.571. The molecule has 3 heteroatoms. The van der Waals surface area contributed by atoms with Gasteiger partial charge < -0.3 is 10.4 Å². The number of nitrogens with one attached hydrogen (secondary N) is 1. The largest absolute Gasteiger partial charge is 0.389 e. The molecule has 17 heavy (non-hydrogen) atoms. The molecule has 1 aromatic rings. The summed E-state index contributed by atoms with van der Waals surface area (Å²) in [6.07, 6.45) is -0.379. The molecule has 3 atom stereocenters. The zero-order chi connectivity index (χ0) is 13.1. The summed E-state index contributed by atoms with van der Waals surface area (Å²) in [7, 11) is 0.847. The molecular weight excluding hydrogens is 229 g/mol. The number of hydrogen-bond acceptors (Lipinski definition) is 2. The number of hydrogen-bond donors (Lipinski definition) is 2. The fourth-order valence-corrected chi connectivity index (χ4v) is 3.05. The number of rotatable bonds is 2. The Labute approximate surface area is 107 Å². The Morgan fingerprint density at radius 3 is 2.59 bits per heavy atom. The van der Waals surface area contributed by atoms with Crippen molar-refractivity contribution in [3.8, 4) is 0 Å². The minimum atomic E-state index is -0.379. The van der Waals surface area contributed by atoms with Gasteiger partial charge in [-0.3, -0.25) is 0 Å². The zero-order valence-corrected chi connectivity index (χ0v) is 12.5. The summed E-state index contributed by atoms with van der Waals surface area (Å²) in [5.41, 5.74) is 3.60. The van der Waals surface area contributed by atoms with Crippen LogP contribution in [0.5, 0.6) is 0 Å². The van der Waals surface area contributed by atoms with Crippen LogP contribution in [0.15, 0.2) is 18.2 Å². The van der Waals surface area contributed by atoms with E-state index in [1.54, 1.807) is 0 Å². The van der Waals surface area contributed by atoms with Crippen LogP contribution in [0, 0.1) is 0 Å². The van der Waals surface area contributed by atoms with Crippen LogP contribution in [0.4, 0.5) is 5.69 Å². The maximum atomic E-state index is 9.79. The van der Waals surface area contributed by atoms with Gasteiger partial charge in [0.25, 0.3) is 0 Å². The summed E-state index contributed by atoms with van der Waals surface area (Å²) in [6.45, 7) is 11.3. The molecular formula is C14H24NOP. The van der Waals surface area contributed by atoms with Gasteiger partial charge in [-0.25, -0.2) is 0 Å². The first kappa shape index (κ1) is 14.5. The molecule has 96 valence electrons. The Hall–Kier alpha value is -0.590. The van der Waals surface area contributed by atoms with Gasteiger partial charge >= 0.3 is 0 Å². The molecule has 1 heterocycles. The third-order valence-corrected chi connectivity index (χ3v) is 4.81. The SMILES string of the molecule is CC.CPC1(C)CNc2cccc(C(C)O)c21. The van der Waals surface area contributed by atoms with Gasteiger partial charge in [-0.15, -0.1) is 8.58 Å². The molecule has 1 aromatic carbocycles. The molecule has 0 saturated heterocycles. The average Bonchev–Trinajstić information content (AvgIpc) is 2.71. The Morgan fingerprint density at radius 1 is 1.41 bits per heavy atom. The second-order valence-corrected chi connectivity index (χ2v) is 5.98. The predicted molar refractivity (Wildman–Crippen MR) is 78.5 cm³/mol. The minimum absolute atomic E-state index is 0.197.